The number of halogens is 1. The molecule has 1 heterocycles. The van der Waals surface area contributed by atoms with E-state index in [2.05, 4.69) is 46.0 Å². The lowest BCUT2D eigenvalue weighted by atomic mass is 9.98. The second-order valence-corrected chi connectivity index (χ2v) is 6.04. The van der Waals surface area contributed by atoms with E-state index in [9.17, 15) is 0 Å². The normalized spacial score (nSPS) is 20.8. The molecule has 0 spiro atoms. The quantitative estimate of drug-likeness (QED) is 0.916. The van der Waals surface area contributed by atoms with Crippen LogP contribution < -0.4 is 10.6 Å². The molecular formula is C15H23BrN2. The molecule has 1 aromatic rings. The summed E-state index contributed by atoms with van der Waals surface area (Å²) < 4.78 is 1.18. The van der Waals surface area contributed by atoms with Crippen molar-refractivity contribution in [1.82, 2.24) is 0 Å². The van der Waals surface area contributed by atoms with Gasteiger partial charge in [0.15, 0.2) is 0 Å². The van der Waals surface area contributed by atoms with Gasteiger partial charge in [0.2, 0.25) is 0 Å². The molecule has 0 aliphatic carbocycles. The van der Waals surface area contributed by atoms with Crippen LogP contribution in [0, 0.1) is 5.92 Å². The fourth-order valence-electron chi connectivity index (χ4n) is 2.75. The fraction of sp³-hybridized carbons (Fsp3) is 0.600. The monoisotopic (exact) mass is 310 g/mol. The third-order valence-electron chi connectivity index (χ3n) is 4.01. The fourth-order valence-corrected chi connectivity index (χ4v) is 3.43. The minimum Gasteiger partial charge on any atom is -0.371 e. The Balaban J connectivity index is 2.11. The van der Waals surface area contributed by atoms with E-state index >= 15 is 0 Å². The van der Waals surface area contributed by atoms with Gasteiger partial charge < -0.3 is 10.6 Å². The van der Waals surface area contributed by atoms with Crippen LogP contribution in [0.3, 0.4) is 0 Å². The second-order valence-electron chi connectivity index (χ2n) is 5.18. The number of anilines is 1. The standard InChI is InChI=1S/C15H23BrN2/c1-2-12-4-3-8-18(9-7-12)15-6-5-13(11-17)10-14(15)16/h5-6,10,12H,2-4,7-9,11,17H2,1H3. The molecule has 2 nitrogen and oxygen atoms in total. The molecule has 1 aliphatic rings. The summed E-state index contributed by atoms with van der Waals surface area (Å²) in [5.74, 6) is 0.914. The highest BCUT2D eigenvalue weighted by Crippen LogP contribution is 2.30. The number of benzene rings is 1. The molecular weight excluding hydrogens is 288 g/mol. The second kappa shape index (κ2) is 6.58. The van der Waals surface area contributed by atoms with Crippen molar-refractivity contribution >= 4 is 21.6 Å². The number of rotatable bonds is 3. The van der Waals surface area contributed by atoms with Gasteiger partial charge in [-0.3, -0.25) is 0 Å². The predicted molar refractivity (Wildman–Crippen MR) is 81.9 cm³/mol. The smallest absolute Gasteiger partial charge is 0.0510 e. The number of nitrogens with zero attached hydrogens (tertiary/aromatic N) is 1. The summed E-state index contributed by atoms with van der Waals surface area (Å²) in [5, 5.41) is 0. The van der Waals surface area contributed by atoms with Gasteiger partial charge in [0, 0.05) is 24.1 Å². The lowest BCUT2D eigenvalue weighted by Gasteiger charge is -2.24. The first-order valence-electron chi connectivity index (χ1n) is 6.98. The summed E-state index contributed by atoms with van der Waals surface area (Å²) in [6.45, 7) is 5.28. The zero-order valence-electron chi connectivity index (χ0n) is 11.2. The molecule has 2 N–H and O–H groups in total. The van der Waals surface area contributed by atoms with Gasteiger partial charge in [-0.2, -0.15) is 0 Å². The zero-order chi connectivity index (χ0) is 13.0. The topological polar surface area (TPSA) is 29.3 Å². The third kappa shape index (κ3) is 3.27. The maximum atomic E-state index is 5.67. The molecule has 1 unspecified atom stereocenters. The summed E-state index contributed by atoms with van der Waals surface area (Å²) >= 11 is 3.68. The van der Waals surface area contributed by atoms with Crippen molar-refractivity contribution in [3.8, 4) is 0 Å². The van der Waals surface area contributed by atoms with Gasteiger partial charge in [-0.25, -0.2) is 0 Å². The van der Waals surface area contributed by atoms with Crippen molar-refractivity contribution in [2.24, 2.45) is 11.7 Å². The Morgan fingerprint density at radius 3 is 2.83 bits per heavy atom. The van der Waals surface area contributed by atoms with Crippen LogP contribution >= 0.6 is 15.9 Å². The van der Waals surface area contributed by atoms with Crippen LogP contribution in [0.4, 0.5) is 5.69 Å². The molecule has 1 saturated heterocycles. The van der Waals surface area contributed by atoms with E-state index in [-0.39, 0.29) is 0 Å². The lowest BCUT2D eigenvalue weighted by Crippen LogP contribution is -2.24. The average molecular weight is 311 g/mol. The summed E-state index contributed by atoms with van der Waals surface area (Å²) in [4.78, 5) is 2.51. The lowest BCUT2D eigenvalue weighted by molar-refractivity contribution is 0.459. The van der Waals surface area contributed by atoms with Gasteiger partial charge in [0.25, 0.3) is 0 Å². The van der Waals surface area contributed by atoms with Crippen LogP contribution in [0.5, 0.6) is 0 Å². The largest absolute Gasteiger partial charge is 0.371 e. The van der Waals surface area contributed by atoms with Crippen molar-refractivity contribution in [3.63, 3.8) is 0 Å². The first-order chi connectivity index (χ1) is 8.74. The van der Waals surface area contributed by atoms with Gasteiger partial charge in [0.05, 0.1) is 5.69 Å². The minimum atomic E-state index is 0.608. The van der Waals surface area contributed by atoms with Crippen molar-refractivity contribution in [3.05, 3.63) is 28.2 Å². The van der Waals surface area contributed by atoms with Crippen molar-refractivity contribution < 1.29 is 0 Å². The van der Waals surface area contributed by atoms with E-state index in [1.165, 1.54) is 54.5 Å². The van der Waals surface area contributed by atoms with E-state index < -0.39 is 0 Å². The molecule has 0 bridgehead atoms. The average Bonchev–Trinajstić information content (AvgIpc) is 2.63. The summed E-state index contributed by atoms with van der Waals surface area (Å²) in [6.07, 6.45) is 5.33. The molecule has 3 heteroatoms. The summed E-state index contributed by atoms with van der Waals surface area (Å²) in [7, 11) is 0. The van der Waals surface area contributed by atoms with Crippen LogP contribution in [0.15, 0.2) is 22.7 Å². The number of hydrogen-bond donors (Lipinski definition) is 1. The van der Waals surface area contributed by atoms with Gasteiger partial charge in [-0.1, -0.05) is 19.4 Å². The minimum absolute atomic E-state index is 0.608. The van der Waals surface area contributed by atoms with Crippen LogP contribution in [0.25, 0.3) is 0 Å². The van der Waals surface area contributed by atoms with E-state index in [4.69, 9.17) is 5.73 Å². The van der Waals surface area contributed by atoms with Crippen molar-refractivity contribution in [2.75, 3.05) is 18.0 Å². The highest BCUT2D eigenvalue weighted by molar-refractivity contribution is 9.10. The molecule has 100 valence electrons. The Labute approximate surface area is 119 Å². The first-order valence-corrected chi connectivity index (χ1v) is 7.77. The Bertz CT molecular complexity index is 392. The SMILES string of the molecule is CCC1CCCN(c2ccc(CN)cc2Br)CC1. The van der Waals surface area contributed by atoms with Crippen molar-refractivity contribution in [2.45, 2.75) is 39.2 Å². The highest BCUT2D eigenvalue weighted by atomic mass is 79.9. The van der Waals surface area contributed by atoms with Gasteiger partial charge in [-0.15, -0.1) is 0 Å². The summed E-state index contributed by atoms with van der Waals surface area (Å²) in [6, 6.07) is 6.50. The molecule has 0 amide bonds. The Hall–Kier alpha value is -0.540. The van der Waals surface area contributed by atoms with Crippen LogP contribution in [-0.2, 0) is 6.54 Å². The van der Waals surface area contributed by atoms with E-state index in [1.54, 1.807) is 0 Å². The van der Waals surface area contributed by atoms with Gasteiger partial charge >= 0.3 is 0 Å². The molecule has 1 fully saturated rings. The maximum Gasteiger partial charge on any atom is 0.0510 e. The van der Waals surface area contributed by atoms with Crippen LogP contribution in [0.1, 0.15) is 38.2 Å². The van der Waals surface area contributed by atoms with Crippen LogP contribution in [0.2, 0.25) is 0 Å². The predicted octanol–water partition coefficient (Wildman–Crippen LogP) is 3.92. The molecule has 18 heavy (non-hydrogen) atoms. The first kappa shape index (κ1) is 13.9. The molecule has 0 saturated carbocycles. The molecule has 0 radical (unpaired) electrons. The van der Waals surface area contributed by atoms with Gasteiger partial charge in [0.1, 0.15) is 0 Å². The number of nitrogens with two attached hydrogens (primary N) is 1. The van der Waals surface area contributed by atoms with Crippen LogP contribution in [-0.4, -0.2) is 13.1 Å². The van der Waals surface area contributed by atoms with E-state index in [0.29, 0.717) is 6.54 Å². The summed E-state index contributed by atoms with van der Waals surface area (Å²) in [5.41, 5.74) is 8.18. The zero-order valence-corrected chi connectivity index (χ0v) is 12.7. The molecule has 2 rings (SSSR count). The molecule has 1 aromatic carbocycles. The molecule has 1 aliphatic heterocycles. The molecule has 1 atom stereocenters. The molecule has 0 aromatic heterocycles. The van der Waals surface area contributed by atoms with Crippen molar-refractivity contribution in [1.29, 1.82) is 0 Å². The number of hydrogen-bond acceptors (Lipinski definition) is 2. The highest BCUT2D eigenvalue weighted by Gasteiger charge is 2.17. The Kier molecular flexibility index (Phi) is 5.07. The van der Waals surface area contributed by atoms with E-state index in [1.807, 2.05) is 0 Å². The Morgan fingerprint density at radius 1 is 1.33 bits per heavy atom. The van der Waals surface area contributed by atoms with Gasteiger partial charge in [-0.05, 0) is 58.8 Å². The maximum absolute atomic E-state index is 5.67. The Morgan fingerprint density at radius 2 is 2.17 bits per heavy atom. The third-order valence-corrected chi connectivity index (χ3v) is 4.65. The van der Waals surface area contributed by atoms with E-state index in [0.717, 1.165) is 5.92 Å².